The van der Waals surface area contributed by atoms with E-state index in [1.54, 1.807) is 13.0 Å². The van der Waals surface area contributed by atoms with Crippen LogP contribution in [0.25, 0.3) is 0 Å². The van der Waals surface area contributed by atoms with Crippen LogP contribution in [0.4, 0.5) is 0 Å². The molecule has 0 aliphatic carbocycles. The summed E-state index contributed by atoms with van der Waals surface area (Å²) in [5, 5.41) is 9.19. The molecule has 0 heterocycles. The van der Waals surface area contributed by atoms with E-state index in [-0.39, 0.29) is 6.42 Å². The molecule has 2 nitrogen and oxygen atoms in total. The molecule has 0 aromatic heterocycles. The Morgan fingerprint density at radius 1 is 1.54 bits per heavy atom. The SMILES string of the molecule is CC(N)(CC#N)c1ccccc1Cl. The predicted molar refractivity (Wildman–Crippen MR) is 53.2 cm³/mol. The molecule has 13 heavy (non-hydrogen) atoms. The second kappa shape index (κ2) is 3.78. The summed E-state index contributed by atoms with van der Waals surface area (Å²) in [5.74, 6) is 0. The monoisotopic (exact) mass is 194 g/mol. The molecule has 1 atom stereocenters. The van der Waals surface area contributed by atoms with E-state index in [4.69, 9.17) is 22.6 Å². The lowest BCUT2D eigenvalue weighted by Gasteiger charge is -2.22. The van der Waals surface area contributed by atoms with E-state index in [0.29, 0.717) is 5.02 Å². The molecule has 1 rings (SSSR count). The van der Waals surface area contributed by atoms with E-state index in [1.807, 2.05) is 18.2 Å². The Hall–Kier alpha value is -1.04. The van der Waals surface area contributed by atoms with Gasteiger partial charge < -0.3 is 5.73 Å². The molecule has 0 radical (unpaired) electrons. The first-order chi connectivity index (χ1) is 6.08. The smallest absolute Gasteiger partial charge is 0.0644 e. The van der Waals surface area contributed by atoms with Gasteiger partial charge in [0.25, 0.3) is 0 Å². The Labute approximate surface area is 82.9 Å². The standard InChI is InChI=1S/C10H11ClN2/c1-10(13,6-7-12)8-4-2-3-5-9(8)11/h2-5H,6,13H2,1H3. The minimum absolute atomic E-state index is 0.261. The average Bonchev–Trinajstić information content (AvgIpc) is 2.04. The van der Waals surface area contributed by atoms with E-state index < -0.39 is 5.54 Å². The molecular formula is C10H11ClN2. The highest BCUT2D eigenvalue weighted by atomic mass is 35.5. The minimum Gasteiger partial charge on any atom is -0.321 e. The van der Waals surface area contributed by atoms with Crippen molar-refractivity contribution < 1.29 is 0 Å². The zero-order valence-electron chi connectivity index (χ0n) is 7.42. The predicted octanol–water partition coefficient (Wildman–Crippen LogP) is 2.43. The van der Waals surface area contributed by atoms with E-state index in [1.165, 1.54) is 0 Å². The van der Waals surface area contributed by atoms with Gasteiger partial charge in [-0.15, -0.1) is 0 Å². The van der Waals surface area contributed by atoms with E-state index in [0.717, 1.165) is 5.56 Å². The van der Waals surface area contributed by atoms with Crippen LogP contribution in [0.1, 0.15) is 18.9 Å². The van der Waals surface area contributed by atoms with Crippen molar-refractivity contribution in [3.05, 3.63) is 34.9 Å². The maximum Gasteiger partial charge on any atom is 0.0644 e. The van der Waals surface area contributed by atoms with E-state index in [2.05, 4.69) is 6.07 Å². The highest BCUT2D eigenvalue weighted by Gasteiger charge is 2.22. The van der Waals surface area contributed by atoms with Crippen molar-refractivity contribution in [3.8, 4) is 6.07 Å². The highest BCUT2D eigenvalue weighted by molar-refractivity contribution is 6.31. The number of rotatable bonds is 2. The highest BCUT2D eigenvalue weighted by Crippen LogP contribution is 2.27. The molecular weight excluding hydrogens is 184 g/mol. The summed E-state index contributed by atoms with van der Waals surface area (Å²) in [6, 6.07) is 9.38. The quantitative estimate of drug-likeness (QED) is 0.786. The Morgan fingerprint density at radius 2 is 2.15 bits per heavy atom. The largest absolute Gasteiger partial charge is 0.321 e. The maximum atomic E-state index is 8.58. The molecule has 0 spiro atoms. The topological polar surface area (TPSA) is 49.8 Å². The van der Waals surface area contributed by atoms with Crippen LogP contribution >= 0.6 is 11.6 Å². The third-order valence-corrected chi connectivity index (χ3v) is 2.27. The Kier molecular flexibility index (Phi) is 2.92. The third kappa shape index (κ3) is 2.21. The second-order valence-electron chi connectivity index (χ2n) is 3.23. The second-order valence-corrected chi connectivity index (χ2v) is 3.64. The van der Waals surface area contributed by atoms with Gasteiger partial charge in [-0.05, 0) is 18.6 Å². The third-order valence-electron chi connectivity index (χ3n) is 1.94. The fourth-order valence-electron chi connectivity index (χ4n) is 1.18. The van der Waals surface area contributed by atoms with Gasteiger partial charge >= 0.3 is 0 Å². The van der Waals surface area contributed by atoms with Crippen LogP contribution in [0, 0.1) is 11.3 Å². The molecule has 0 saturated carbocycles. The van der Waals surface area contributed by atoms with Crippen LogP contribution in [0.5, 0.6) is 0 Å². The number of nitrogens with zero attached hydrogens (tertiary/aromatic N) is 1. The van der Waals surface area contributed by atoms with Crippen molar-refractivity contribution in [2.45, 2.75) is 18.9 Å². The fourth-order valence-corrected chi connectivity index (χ4v) is 1.54. The summed E-state index contributed by atoms with van der Waals surface area (Å²) in [6.07, 6.45) is 0.261. The molecule has 0 aliphatic rings. The zero-order chi connectivity index (χ0) is 9.90. The van der Waals surface area contributed by atoms with Gasteiger partial charge in [0, 0.05) is 5.02 Å². The molecule has 0 aliphatic heterocycles. The molecule has 2 N–H and O–H groups in total. The van der Waals surface area contributed by atoms with Crippen molar-refractivity contribution in [2.24, 2.45) is 5.73 Å². The number of benzene rings is 1. The number of hydrogen-bond acceptors (Lipinski definition) is 2. The summed E-state index contributed by atoms with van der Waals surface area (Å²) in [7, 11) is 0. The summed E-state index contributed by atoms with van der Waals surface area (Å²) in [5.41, 5.74) is 6.10. The Bertz CT molecular complexity index is 339. The summed E-state index contributed by atoms with van der Waals surface area (Å²) in [6.45, 7) is 1.80. The zero-order valence-corrected chi connectivity index (χ0v) is 8.17. The van der Waals surface area contributed by atoms with Crippen molar-refractivity contribution >= 4 is 11.6 Å². The number of nitrogens with two attached hydrogens (primary N) is 1. The van der Waals surface area contributed by atoms with Crippen molar-refractivity contribution in [1.29, 1.82) is 5.26 Å². The molecule has 3 heteroatoms. The van der Waals surface area contributed by atoms with Gasteiger partial charge in [0.05, 0.1) is 18.0 Å². The molecule has 0 amide bonds. The fraction of sp³-hybridized carbons (Fsp3) is 0.300. The van der Waals surface area contributed by atoms with Crippen LogP contribution in [0.2, 0.25) is 5.02 Å². The van der Waals surface area contributed by atoms with Crippen LogP contribution in [-0.4, -0.2) is 0 Å². The molecule has 1 unspecified atom stereocenters. The first-order valence-electron chi connectivity index (χ1n) is 3.99. The van der Waals surface area contributed by atoms with Crippen LogP contribution in [-0.2, 0) is 5.54 Å². The van der Waals surface area contributed by atoms with Gasteiger partial charge in [0.1, 0.15) is 0 Å². The first-order valence-corrected chi connectivity index (χ1v) is 4.36. The van der Waals surface area contributed by atoms with Gasteiger partial charge in [0.2, 0.25) is 0 Å². The van der Waals surface area contributed by atoms with Gasteiger partial charge in [-0.25, -0.2) is 0 Å². The summed E-state index contributed by atoms with van der Waals surface area (Å²) in [4.78, 5) is 0. The van der Waals surface area contributed by atoms with Crippen molar-refractivity contribution in [2.75, 3.05) is 0 Å². The number of nitriles is 1. The van der Waals surface area contributed by atoms with Crippen molar-refractivity contribution in [1.82, 2.24) is 0 Å². The molecule has 1 aromatic carbocycles. The maximum absolute atomic E-state index is 8.58. The Morgan fingerprint density at radius 3 is 2.69 bits per heavy atom. The first kappa shape index (κ1) is 10.0. The van der Waals surface area contributed by atoms with Gasteiger partial charge in [-0.2, -0.15) is 5.26 Å². The normalized spacial score (nSPS) is 14.6. The number of halogens is 1. The van der Waals surface area contributed by atoms with Gasteiger partial charge in [-0.1, -0.05) is 29.8 Å². The average molecular weight is 195 g/mol. The Balaban J connectivity index is 3.08. The lowest BCUT2D eigenvalue weighted by Crippen LogP contribution is -2.32. The van der Waals surface area contributed by atoms with Gasteiger partial charge in [-0.3, -0.25) is 0 Å². The van der Waals surface area contributed by atoms with Crippen molar-refractivity contribution in [3.63, 3.8) is 0 Å². The molecule has 1 aromatic rings. The van der Waals surface area contributed by atoms with E-state index in [9.17, 15) is 0 Å². The van der Waals surface area contributed by atoms with Crippen LogP contribution in [0.3, 0.4) is 0 Å². The number of hydrogen-bond donors (Lipinski definition) is 1. The molecule has 0 fully saturated rings. The van der Waals surface area contributed by atoms with E-state index >= 15 is 0 Å². The van der Waals surface area contributed by atoms with Gasteiger partial charge in [0.15, 0.2) is 0 Å². The lowest BCUT2D eigenvalue weighted by molar-refractivity contribution is 0.508. The molecule has 0 saturated heterocycles. The van der Waals surface area contributed by atoms with Crippen LogP contribution < -0.4 is 5.73 Å². The summed E-state index contributed by atoms with van der Waals surface area (Å²) < 4.78 is 0. The molecule has 68 valence electrons. The van der Waals surface area contributed by atoms with Crippen LogP contribution in [0.15, 0.2) is 24.3 Å². The minimum atomic E-state index is -0.660. The molecule has 0 bridgehead atoms. The summed E-state index contributed by atoms with van der Waals surface area (Å²) >= 11 is 5.96. The lowest BCUT2D eigenvalue weighted by atomic mass is 9.90.